The first-order valence-corrected chi connectivity index (χ1v) is 11.5. The standard InChI is InChI=1S/C23H26N4O2S2/c1-14-4-7-16(8-5-14)13-27-11-10-19(26-27)24-23(30)25-21-20(22(28)29-3)17-9-6-15(2)12-18(17)31-21/h4-5,7-8,10-11,15H,6,9,12-13H2,1-3H3,(H2,24,25,26,30)/t15-/m1/s1. The number of carbonyl (C=O) groups excluding carboxylic acids is 1. The van der Waals surface area contributed by atoms with E-state index in [1.165, 1.54) is 23.1 Å². The highest BCUT2D eigenvalue weighted by Gasteiger charge is 2.28. The number of fused-ring (bicyclic) bond motifs is 1. The van der Waals surface area contributed by atoms with Gasteiger partial charge in [0.2, 0.25) is 0 Å². The molecule has 0 saturated carbocycles. The summed E-state index contributed by atoms with van der Waals surface area (Å²) in [6.07, 6.45) is 4.86. The predicted molar refractivity (Wildman–Crippen MR) is 129 cm³/mol. The van der Waals surface area contributed by atoms with Crippen molar-refractivity contribution in [3.05, 3.63) is 63.7 Å². The summed E-state index contributed by atoms with van der Waals surface area (Å²) >= 11 is 7.09. The van der Waals surface area contributed by atoms with E-state index in [0.717, 1.165) is 29.8 Å². The zero-order valence-electron chi connectivity index (χ0n) is 17.9. The van der Waals surface area contributed by atoms with Gasteiger partial charge in [-0.1, -0.05) is 36.8 Å². The lowest BCUT2D eigenvalue weighted by atomic mass is 9.88. The Bertz CT molecular complexity index is 1100. The van der Waals surface area contributed by atoms with Crippen LogP contribution in [0.1, 0.15) is 45.3 Å². The zero-order chi connectivity index (χ0) is 22.0. The van der Waals surface area contributed by atoms with Crippen molar-refractivity contribution >= 4 is 45.5 Å². The van der Waals surface area contributed by atoms with Crippen molar-refractivity contribution in [2.45, 2.75) is 39.7 Å². The monoisotopic (exact) mass is 454 g/mol. The molecule has 31 heavy (non-hydrogen) atoms. The molecule has 0 amide bonds. The summed E-state index contributed by atoms with van der Waals surface area (Å²) in [5.41, 5.74) is 4.13. The molecule has 0 bridgehead atoms. The molecule has 1 atom stereocenters. The maximum Gasteiger partial charge on any atom is 0.341 e. The minimum Gasteiger partial charge on any atom is -0.465 e. The van der Waals surface area contributed by atoms with E-state index in [0.29, 0.717) is 29.0 Å². The van der Waals surface area contributed by atoms with Crippen LogP contribution in [0.2, 0.25) is 0 Å². The molecule has 1 aliphatic rings. The molecular formula is C23H26N4O2S2. The second kappa shape index (κ2) is 9.20. The molecule has 1 aromatic carbocycles. The Labute approximate surface area is 191 Å². The van der Waals surface area contributed by atoms with Crippen molar-refractivity contribution in [1.82, 2.24) is 9.78 Å². The van der Waals surface area contributed by atoms with E-state index in [1.807, 2.05) is 16.9 Å². The highest BCUT2D eigenvalue weighted by molar-refractivity contribution is 7.80. The smallest absolute Gasteiger partial charge is 0.341 e. The van der Waals surface area contributed by atoms with E-state index in [-0.39, 0.29) is 5.97 Å². The fraction of sp³-hybridized carbons (Fsp3) is 0.348. The maximum atomic E-state index is 12.5. The minimum absolute atomic E-state index is 0.320. The average molecular weight is 455 g/mol. The second-order valence-electron chi connectivity index (χ2n) is 8.01. The van der Waals surface area contributed by atoms with Crippen LogP contribution in [0.25, 0.3) is 0 Å². The number of anilines is 2. The van der Waals surface area contributed by atoms with Gasteiger partial charge in [0.25, 0.3) is 0 Å². The number of ether oxygens (including phenoxy) is 1. The lowest BCUT2D eigenvalue weighted by Crippen LogP contribution is -2.21. The van der Waals surface area contributed by atoms with Crippen molar-refractivity contribution in [3.8, 4) is 0 Å². The number of carbonyl (C=O) groups is 1. The van der Waals surface area contributed by atoms with Crippen molar-refractivity contribution in [2.24, 2.45) is 5.92 Å². The first kappa shape index (κ1) is 21.5. The molecule has 162 valence electrons. The highest BCUT2D eigenvalue weighted by atomic mass is 32.1. The molecule has 0 spiro atoms. The Hall–Kier alpha value is -2.71. The van der Waals surface area contributed by atoms with Crippen molar-refractivity contribution in [2.75, 3.05) is 17.7 Å². The third-order valence-corrected chi connectivity index (χ3v) is 6.85. The fourth-order valence-electron chi connectivity index (χ4n) is 3.80. The van der Waals surface area contributed by atoms with E-state index in [9.17, 15) is 4.79 Å². The van der Waals surface area contributed by atoms with Crippen LogP contribution < -0.4 is 10.6 Å². The fourth-order valence-corrected chi connectivity index (χ4v) is 5.48. The van der Waals surface area contributed by atoms with Crippen LogP contribution in [0.3, 0.4) is 0 Å². The van der Waals surface area contributed by atoms with Gasteiger partial charge in [-0.2, -0.15) is 5.10 Å². The summed E-state index contributed by atoms with van der Waals surface area (Å²) in [7, 11) is 1.42. The molecule has 1 aliphatic carbocycles. The summed E-state index contributed by atoms with van der Waals surface area (Å²) in [5, 5.41) is 12.0. The number of thiophene rings is 1. The minimum atomic E-state index is -0.320. The van der Waals surface area contributed by atoms with Gasteiger partial charge in [0.05, 0.1) is 19.2 Å². The molecule has 0 unspecified atom stereocenters. The zero-order valence-corrected chi connectivity index (χ0v) is 19.5. The van der Waals surface area contributed by atoms with Crippen LogP contribution in [-0.4, -0.2) is 28.0 Å². The number of nitrogens with zero attached hydrogens (tertiary/aromatic N) is 2. The van der Waals surface area contributed by atoms with E-state index < -0.39 is 0 Å². The van der Waals surface area contributed by atoms with Gasteiger partial charge in [-0.15, -0.1) is 11.3 Å². The summed E-state index contributed by atoms with van der Waals surface area (Å²) in [4.78, 5) is 13.7. The number of thiocarbonyl (C=S) groups is 1. The number of esters is 1. The van der Waals surface area contributed by atoms with Gasteiger partial charge in [0, 0.05) is 17.1 Å². The maximum absolute atomic E-state index is 12.5. The molecule has 2 N–H and O–H groups in total. The molecule has 2 aromatic heterocycles. The van der Waals surface area contributed by atoms with Crippen LogP contribution in [0.4, 0.5) is 10.8 Å². The number of aryl methyl sites for hydroxylation is 1. The Kier molecular flexibility index (Phi) is 6.38. The molecule has 8 heteroatoms. The molecule has 4 rings (SSSR count). The Morgan fingerprint density at radius 3 is 2.81 bits per heavy atom. The van der Waals surface area contributed by atoms with Gasteiger partial charge in [-0.05, 0) is 55.4 Å². The lowest BCUT2D eigenvalue weighted by Gasteiger charge is -2.18. The van der Waals surface area contributed by atoms with Crippen LogP contribution in [0, 0.1) is 12.8 Å². The molecule has 0 aliphatic heterocycles. The van der Waals surface area contributed by atoms with Crippen molar-refractivity contribution in [3.63, 3.8) is 0 Å². The predicted octanol–water partition coefficient (Wildman–Crippen LogP) is 5.02. The second-order valence-corrected chi connectivity index (χ2v) is 9.52. The third-order valence-electron chi connectivity index (χ3n) is 5.48. The van der Waals surface area contributed by atoms with Gasteiger partial charge in [-0.25, -0.2) is 4.79 Å². The number of hydrogen-bond acceptors (Lipinski definition) is 5. The Morgan fingerprint density at radius 1 is 1.29 bits per heavy atom. The van der Waals surface area contributed by atoms with Crippen LogP contribution in [0.5, 0.6) is 0 Å². The van der Waals surface area contributed by atoms with Gasteiger partial charge in [0.15, 0.2) is 10.9 Å². The molecule has 0 saturated heterocycles. The number of hydrogen-bond donors (Lipinski definition) is 2. The van der Waals surface area contributed by atoms with Crippen LogP contribution in [-0.2, 0) is 24.1 Å². The molecule has 6 nitrogen and oxygen atoms in total. The number of benzene rings is 1. The number of rotatable bonds is 5. The quantitative estimate of drug-likeness (QED) is 0.417. The number of methoxy groups -OCH3 is 1. The van der Waals surface area contributed by atoms with Crippen molar-refractivity contribution in [1.29, 1.82) is 0 Å². The normalized spacial score (nSPS) is 15.3. The molecule has 0 fully saturated rings. The molecule has 3 aromatic rings. The van der Waals surface area contributed by atoms with E-state index in [4.69, 9.17) is 17.0 Å². The SMILES string of the molecule is COC(=O)c1c(NC(=S)Nc2ccn(Cc3ccc(C)cc3)n2)sc2c1CC[C@@H](C)C2. The third kappa shape index (κ3) is 4.97. The Morgan fingerprint density at radius 2 is 2.06 bits per heavy atom. The largest absolute Gasteiger partial charge is 0.465 e. The molecule has 0 radical (unpaired) electrons. The number of nitrogens with one attached hydrogen (secondary N) is 2. The van der Waals surface area contributed by atoms with Crippen LogP contribution in [0.15, 0.2) is 36.5 Å². The summed E-state index contributed by atoms with van der Waals surface area (Å²) in [5.74, 6) is 0.950. The lowest BCUT2D eigenvalue weighted by molar-refractivity contribution is 0.0601. The number of aromatic nitrogens is 2. The Balaban J connectivity index is 1.45. The van der Waals surface area contributed by atoms with Crippen molar-refractivity contribution < 1.29 is 9.53 Å². The van der Waals surface area contributed by atoms with Crippen LogP contribution >= 0.6 is 23.6 Å². The first-order chi connectivity index (χ1) is 14.9. The highest BCUT2D eigenvalue weighted by Crippen LogP contribution is 2.40. The molecule has 2 heterocycles. The van der Waals surface area contributed by atoms with E-state index >= 15 is 0 Å². The van der Waals surface area contributed by atoms with Gasteiger partial charge in [-0.3, -0.25) is 4.68 Å². The summed E-state index contributed by atoms with van der Waals surface area (Å²) in [6.45, 7) is 5.00. The van der Waals surface area contributed by atoms with E-state index in [1.54, 1.807) is 11.3 Å². The topological polar surface area (TPSA) is 68.2 Å². The summed E-state index contributed by atoms with van der Waals surface area (Å²) < 4.78 is 6.91. The average Bonchev–Trinajstić information content (AvgIpc) is 3.32. The summed E-state index contributed by atoms with van der Waals surface area (Å²) in [6, 6.07) is 10.3. The van der Waals surface area contributed by atoms with E-state index in [2.05, 4.69) is 53.8 Å². The van der Waals surface area contributed by atoms with Gasteiger partial charge in [0.1, 0.15) is 5.00 Å². The van der Waals surface area contributed by atoms with Gasteiger partial charge >= 0.3 is 5.97 Å². The first-order valence-electron chi connectivity index (χ1n) is 10.3. The van der Waals surface area contributed by atoms with Gasteiger partial charge < -0.3 is 15.4 Å². The molecular weight excluding hydrogens is 428 g/mol.